The summed E-state index contributed by atoms with van der Waals surface area (Å²) in [6.45, 7) is 2.55. The van der Waals surface area contributed by atoms with Crippen molar-refractivity contribution in [2.75, 3.05) is 26.0 Å². The molecule has 0 saturated carbocycles. The van der Waals surface area contributed by atoms with Crippen LogP contribution in [0.2, 0.25) is 0 Å². The van der Waals surface area contributed by atoms with Crippen molar-refractivity contribution in [2.24, 2.45) is 0 Å². The fraction of sp³-hybridized carbons (Fsp3) is 0.333. The highest BCUT2D eigenvalue weighted by atomic mass is 16.2. The molecule has 2 heterocycles. The number of benzene rings is 1. The van der Waals surface area contributed by atoms with Crippen molar-refractivity contribution in [3.05, 3.63) is 41.7 Å². The molecule has 9 heteroatoms. The van der Waals surface area contributed by atoms with E-state index in [-0.39, 0.29) is 18.5 Å². The summed E-state index contributed by atoms with van der Waals surface area (Å²) >= 11 is 0. The maximum Gasteiger partial charge on any atom is 0.322 e. The van der Waals surface area contributed by atoms with Crippen LogP contribution in [0.5, 0.6) is 0 Å². The smallest absolute Gasteiger partial charge is 0.322 e. The first-order chi connectivity index (χ1) is 12.9. The van der Waals surface area contributed by atoms with E-state index in [2.05, 4.69) is 31.9 Å². The lowest BCUT2D eigenvalue weighted by atomic mass is 10.1. The van der Waals surface area contributed by atoms with Gasteiger partial charge >= 0.3 is 6.03 Å². The fourth-order valence-corrected chi connectivity index (χ4v) is 2.82. The van der Waals surface area contributed by atoms with Crippen LogP contribution >= 0.6 is 0 Å². The van der Waals surface area contributed by atoms with Crippen molar-refractivity contribution >= 4 is 28.7 Å². The van der Waals surface area contributed by atoms with Gasteiger partial charge in [-0.25, -0.2) is 4.79 Å². The maximum absolute atomic E-state index is 12.1. The molecule has 0 atom stereocenters. The molecule has 0 spiro atoms. The predicted molar refractivity (Wildman–Crippen MR) is 102 cm³/mol. The molecule has 0 aliphatic carbocycles. The van der Waals surface area contributed by atoms with Gasteiger partial charge in [0.2, 0.25) is 5.91 Å². The number of aryl methyl sites for hydroxylation is 1. The third kappa shape index (κ3) is 4.43. The zero-order chi connectivity index (χ0) is 19.4. The molecule has 142 valence electrons. The average Bonchev–Trinajstić information content (AvgIpc) is 3.18. The molecule has 0 fully saturated rings. The Hall–Kier alpha value is -3.36. The number of amides is 3. The predicted octanol–water partition coefficient (Wildman–Crippen LogP) is 1.52. The lowest BCUT2D eigenvalue weighted by Gasteiger charge is -2.09. The van der Waals surface area contributed by atoms with Crippen LogP contribution < -0.4 is 10.6 Å². The van der Waals surface area contributed by atoms with Gasteiger partial charge in [-0.05, 0) is 25.0 Å². The quantitative estimate of drug-likeness (QED) is 0.612. The highest BCUT2D eigenvalue weighted by Crippen LogP contribution is 2.21. The highest BCUT2D eigenvalue weighted by molar-refractivity contribution is 5.87. The van der Waals surface area contributed by atoms with Crippen molar-refractivity contribution in [3.8, 4) is 0 Å². The summed E-state index contributed by atoms with van der Waals surface area (Å²) in [5, 5.41) is 14.7. The van der Waals surface area contributed by atoms with Crippen molar-refractivity contribution in [1.82, 2.24) is 30.2 Å². The molecule has 1 aromatic carbocycles. The van der Waals surface area contributed by atoms with E-state index in [1.54, 1.807) is 14.1 Å². The van der Waals surface area contributed by atoms with Gasteiger partial charge < -0.3 is 15.2 Å². The minimum absolute atomic E-state index is 0.00922. The van der Waals surface area contributed by atoms with Crippen LogP contribution in [0, 0.1) is 6.92 Å². The first-order valence-corrected chi connectivity index (χ1v) is 8.65. The van der Waals surface area contributed by atoms with E-state index in [1.807, 2.05) is 25.1 Å². The summed E-state index contributed by atoms with van der Waals surface area (Å²) in [7, 11) is 3.26. The first-order valence-electron chi connectivity index (χ1n) is 8.65. The Morgan fingerprint density at radius 2 is 2.04 bits per heavy atom. The van der Waals surface area contributed by atoms with Crippen molar-refractivity contribution < 1.29 is 9.59 Å². The summed E-state index contributed by atoms with van der Waals surface area (Å²) in [6.07, 6.45) is 2.14. The van der Waals surface area contributed by atoms with E-state index in [0.717, 1.165) is 17.6 Å². The third-order valence-corrected chi connectivity index (χ3v) is 4.19. The summed E-state index contributed by atoms with van der Waals surface area (Å²) in [6, 6.07) is 7.82. The topological polar surface area (TPSA) is 108 Å². The zero-order valence-corrected chi connectivity index (χ0v) is 15.6. The van der Waals surface area contributed by atoms with Crippen LogP contribution in [0.15, 0.2) is 30.5 Å². The van der Waals surface area contributed by atoms with Crippen molar-refractivity contribution in [1.29, 1.82) is 0 Å². The average molecular weight is 369 g/mol. The highest BCUT2D eigenvalue weighted by Gasteiger charge is 2.11. The van der Waals surface area contributed by atoms with E-state index in [9.17, 15) is 9.59 Å². The number of carbonyl (C=O) groups is 2. The Kier molecular flexibility index (Phi) is 5.39. The third-order valence-electron chi connectivity index (χ3n) is 4.19. The van der Waals surface area contributed by atoms with Crippen LogP contribution in [0.4, 0.5) is 10.6 Å². The lowest BCUT2D eigenvalue weighted by Crippen LogP contribution is -2.30. The van der Waals surface area contributed by atoms with Gasteiger partial charge in [0.1, 0.15) is 6.54 Å². The minimum atomic E-state index is -0.305. The lowest BCUT2D eigenvalue weighted by molar-refractivity contribution is -0.122. The van der Waals surface area contributed by atoms with E-state index in [4.69, 9.17) is 0 Å². The Bertz CT molecular complexity index is 958. The largest absolute Gasteiger partial charge is 0.358 e. The number of aromatic amines is 1. The summed E-state index contributed by atoms with van der Waals surface area (Å²) < 4.78 is 0. The number of anilines is 1. The number of nitrogens with zero attached hydrogens (tertiary/aromatic N) is 4. The van der Waals surface area contributed by atoms with Crippen LogP contribution in [-0.2, 0) is 17.8 Å². The second-order valence-corrected chi connectivity index (χ2v) is 6.46. The van der Waals surface area contributed by atoms with E-state index >= 15 is 0 Å². The Morgan fingerprint density at radius 3 is 2.81 bits per heavy atom. The van der Waals surface area contributed by atoms with Crippen LogP contribution in [0.3, 0.4) is 0 Å². The maximum atomic E-state index is 12.1. The standard InChI is InChI=1S/C18H23N7O2/c1-12-13(14-6-4-5-7-15(14)21-12)8-9-19-17(26)11-25-20-10-16(23-25)22-18(27)24(2)3/h4-7,10,21H,8-9,11H2,1-3H3,(H,19,26)(H,22,23,27). The second kappa shape index (κ2) is 7.90. The summed E-state index contributed by atoms with van der Waals surface area (Å²) in [4.78, 5) is 29.7. The van der Waals surface area contributed by atoms with E-state index in [0.29, 0.717) is 12.4 Å². The molecule has 27 heavy (non-hydrogen) atoms. The number of urea groups is 1. The minimum Gasteiger partial charge on any atom is -0.358 e. The number of carbonyl (C=O) groups excluding carboxylic acids is 2. The number of nitrogens with one attached hydrogen (secondary N) is 3. The second-order valence-electron chi connectivity index (χ2n) is 6.46. The van der Waals surface area contributed by atoms with E-state index in [1.165, 1.54) is 26.8 Å². The van der Waals surface area contributed by atoms with Gasteiger partial charge in [-0.15, -0.1) is 5.10 Å². The number of rotatable bonds is 6. The fourth-order valence-electron chi connectivity index (χ4n) is 2.82. The molecule has 3 amide bonds. The Morgan fingerprint density at radius 1 is 1.26 bits per heavy atom. The number of H-pyrrole nitrogens is 1. The normalized spacial score (nSPS) is 10.8. The van der Waals surface area contributed by atoms with Gasteiger partial charge in [-0.2, -0.15) is 9.90 Å². The first kappa shape index (κ1) is 18.4. The van der Waals surface area contributed by atoms with Crippen LogP contribution in [0.25, 0.3) is 10.9 Å². The molecule has 9 nitrogen and oxygen atoms in total. The van der Waals surface area contributed by atoms with Gasteiger partial charge in [0.15, 0.2) is 5.82 Å². The molecule has 3 aromatic rings. The summed E-state index contributed by atoms with van der Waals surface area (Å²) in [5.74, 6) is 0.115. The molecule has 2 aromatic heterocycles. The van der Waals surface area contributed by atoms with Gasteiger partial charge in [0.25, 0.3) is 0 Å². The number of hydrogen-bond donors (Lipinski definition) is 3. The van der Waals surface area contributed by atoms with Gasteiger partial charge in [-0.1, -0.05) is 18.2 Å². The van der Waals surface area contributed by atoms with Crippen LogP contribution in [-0.4, -0.2) is 57.5 Å². The molecular formula is C18H23N7O2. The Balaban J connectivity index is 1.51. The van der Waals surface area contributed by atoms with Crippen molar-refractivity contribution in [3.63, 3.8) is 0 Å². The van der Waals surface area contributed by atoms with Gasteiger partial charge in [-0.3, -0.25) is 10.1 Å². The molecule has 0 aliphatic heterocycles. The molecule has 3 N–H and O–H groups in total. The van der Waals surface area contributed by atoms with Crippen molar-refractivity contribution in [2.45, 2.75) is 19.9 Å². The molecule has 0 saturated heterocycles. The molecule has 3 rings (SSSR count). The zero-order valence-electron chi connectivity index (χ0n) is 15.6. The summed E-state index contributed by atoms with van der Waals surface area (Å²) in [5.41, 5.74) is 3.42. The molecule has 0 bridgehead atoms. The SMILES string of the molecule is Cc1[nH]c2ccccc2c1CCNC(=O)Cn1ncc(NC(=O)N(C)C)n1. The molecule has 0 radical (unpaired) electrons. The number of fused-ring (bicyclic) bond motifs is 1. The monoisotopic (exact) mass is 369 g/mol. The Labute approximate surface area is 156 Å². The van der Waals surface area contributed by atoms with Crippen LogP contribution in [0.1, 0.15) is 11.3 Å². The van der Waals surface area contributed by atoms with E-state index < -0.39 is 0 Å². The number of aromatic nitrogens is 4. The molecule has 0 unspecified atom stereocenters. The number of hydrogen-bond acceptors (Lipinski definition) is 4. The number of para-hydroxylation sites is 1. The van der Waals surface area contributed by atoms with Gasteiger partial charge in [0.05, 0.1) is 6.20 Å². The molecular weight excluding hydrogens is 346 g/mol. The molecule has 0 aliphatic rings. The van der Waals surface area contributed by atoms with Gasteiger partial charge in [0, 0.05) is 37.2 Å².